The van der Waals surface area contributed by atoms with E-state index >= 15 is 0 Å². The van der Waals surface area contributed by atoms with E-state index in [1.54, 1.807) is 0 Å². The molecule has 0 saturated carbocycles. The van der Waals surface area contributed by atoms with Crippen LogP contribution in [-0.4, -0.2) is 19.4 Å². The summed E-state index contributed by atoms with van der Waals surface area (Å²) < 4.78 is 10.6. The molecule has 2 rings (SSSR count). The molecule has 1 atom stereocenters. The van der Waals surface area contributed by atoms with E-state index in [4.69, 9.17) is 9.47 Å². The molecule has 0 aliphatic carbocycles. The van der Waals surface area contributed by atoms with Gasteiger partial charge >= 0.3 is 0 Å². The molecule has 82 valence electrons. The Kier molecular flexibility index (Phi) is 3.11. The molecule has 0 radical (unpaired) electrons. The molecule has 0 spiro atoms. The minimum Gasteiger partial charge on any atom is -0.454 e. The van der Waals surface area contributed by atoms with Crippen molar-refractivity contribution in [3.05, 3.63) is 23.8 Å². The highest BCUT2D eigenvalue weighted by Gasteiger charge is 2.13. The van der Waals surface area contributed by atoms with E-state index in [9.17, 15) is 0 Å². The van der Waals surface area contributed by atoms with Gasteiger partial charge in [0.05, 0.1) is 0 Å². The summed E-state index contributed by atoms with van der Waals surface area (Å²) in [5, 5.41) is 3.39. The Morgan fingerprint density at radius 3 is 2.93 bits per heavy atom. The van der Waals surface area contributed by atoms with Gasteiger partial charge in [0.25, 0.3) is 0 Å². The molecule has 0 aromatic heterocycles. The minimum atomic E-state index is 0.349. The van der Waals surface area contributed by atoms with Crippen LogP contribution in [0.1, 0.15) is 19.4 Å². The fraction of sp³-hybridized carbons (Fsp3) is 0.500. The lowest BCUT2D eigenvalue weighted by Crippen LogP contribution is -2.27. The molecule has 1 aliphatic rings. The summed E-state index contributed by atoms with van der Waals surface area (Å²) in [6, 6.07) is 6.64. The highest BCUT2D eigenvalue weighted by molar-refractivity contribution is 5.44. The highest BCUT2D eigenvalue weighted by Crippen LogP contribution is 2.32. The molecule has 0 saturated heterocycles. The van der Waals surface area contributed by atoms with E-state index in [2.05, 4.69) is 31.3 Å². The second-order valence-electron chi connectivity index (χ2n) is 3.85. The SMILES string of the molecule is CCN[C@@H](C)Cc1ccc2c(c1)OCO2. The van der Waals surface area contributed by atoms with E-state index in [-0.39, 0.29) is 0 Å². The molecule has 1 aromatic carbocycles. The maximum atomic E-state index is 5.34. The van der Waals surface area contributed by atoms with Gasteiger partial charge in [-0.3, -0.25) is 0 Å². The van der Waals surface area contributed by atoms with Gasteiger partial charge in [-0.15, -0.1) is 0 Å². The number of benzene rings is 1. The summed E-state index contributed by atoms with van der Waals surface area (Å²) in [5.74, 6) is 1.73. The van der Waals surface area contributed by atoms with Gasteiger partial charge in [-0.2, -0.15) is 0 Å². The van der Waals surface area contributed by atoms with Crippen molar-refractivity contribution >= 4 is 0 Å². The number of ether oxygens (including phenoxy) is 2. The second-order valence-corrected chi connectivity index (χ2v) is 3.85. The summed E-state index contributed by atoms with van der Waals surface area (Å²) in [4.78, 5) is 0. The molecular formula is C12H17NO2. The summed E-state index contributed by atoms with van der Waals surface area (Å²) in [6.45, 7) is 5.66. The molecule has 1 aromatic rings. The van der Waals surface area contributed by atoms with Gasteiger partial charge < -0.3 is 14.8 Å². The van der Waals surface area contributed by atoms with Gasteiger partial charge in [0, 0.05) is 6.04 Å². The maximum Gasteiger partial charge on any atom is 0.231 e. The van der Waals surface area contributed by atoms with Crippen LogP contribution in [0.5, 0.6) is 11.5 Å². The Bertz CT molecular complexity index is 338. The third-order valence-corrected chi connectivity index (χ3v) is 2.53. The zero-order valence-corrected chi connectivity index (χ0v) is 9.25. The van der Waals surface area contributed by atoms with E-state index in [1.807, 2.05) is 6.07 Å². The maximum absolute atomic E-state index is 5.34. The normalized spacial score (nSPS) is 15.3. The Balaban J connectivity index is 2.03. The molecule has 0 unspecified atom stereocenters. The molecule has 1 heterocycles. The number of hydrogen-bond donors (Lipinski definition) is 1. The Hall–Kier alpha value is -1.22. The van der Waals surface area contributed by atoms with E-state index < -0.39 is 0 Å². The lowest BCUT2D eigenvalue weighted by molar-refractivity contribution is 0.174. The molecule has 1 N–H and O–H groups in total. The van der Waals surface area contributed by atoms with Crippen molar-refractivity contribution in [2.24, 2.45) is 0 Å². The van der Waals surface area contributed by atoms with Gasteiger partial charge in [0.15, 0.2) is 11.5 Å². The molecule has 3 heteroatoms. The van der Waals surface area contributed by atoms with Crippen molar-refractivity contribution in [3.63, 3.8) is 0 Å². The van der Waals surface area contributed by atoms with Crippen LogP contribution in [-0.2, 0) is 6.42 Å². The zero-order valence-electron chi connectivity index (χ0n) is 9.25. The summed E-state index contributed by atoms with van der Waals surface area (Å²) >= 11 is 0. The van der Waals surface area contributed by atoms with Crippen LogP contribution < -0.4 is 14.8 Å². The van der Waals surface area contributed by atoms with Crippen LogP contribution in [0.25, 0.3) is 0 Å². The summed E-state index contributed by atoms with van der Waals surface area (Å²) in [7, 11) is 0. The number of likely N-dealkylation sites (N-methyl/N-ethyl adjacent to an activating group) is 1. The Morgan fingerprint density at radius 2 is 2.13 bits per heavy atom. The number of fused-ring (bicyclic) bond motifs is 1. The van der Waals surface area contributed by atoms with Gasteiger partial charge in [-0.1, -0.05) is 13.0 Å². The first-order chi connectivity index (χ1) is 7.29. The molecule has 0 fully saturated rings. The average molecular weight is 207 g/mol. The smallest absolute Gasteiger partial charge is 0.231 e. The van der Waals surface area contributed by atoms with Crippen molar-refractivity contribution in [2.75, 3.05) is 13.3 Å². The topological polar surface area (TPSA) is 30.5 Å². The van der Waals surface area contributed by atoms with Gasteiger partial charge in [-0.05, 0) is 37.6 Å². The average Bonchev–Trinajstić information content (AvgIpc) is 2.65. The number of rotatable bonds is 4. The van der Waals surface area contributed by atoms with Crippen LogP contribution in [0.15, 0.2) is 18.2 Å². The zero-order chi connectivity index (χ0) is 10.7. The fourth-order valence-corrected chi connectivity index (χ4v) is 1.84. The Morgan fingerprint density at radius 1 is 1.33 bits per heavy atom. The quantitative estimate of drug-likeness (QED) is 0.818. The van der Waals surface area contributed by atoms with Gasteiger partial charge in [-0.25, -0.2) is 0 Å². The summed E-state index contributed by atoms with van der Waals surface area (Å²) in [5.41, 5.74) is 1.28. The number of hydrogen-bond acceptors (Lipinski definition) is 3. The van der Waals surface area contributed by atoms with Crippen molar-refractivity contribution in [1.82, 2.24) is 5.32 Å². The summed E-state index contributed by atoms with van der Waals surface area (Å²) in [6.07, 6.45) is 1.02. The predicted octanol–water partition coefficient (Wildman–Crippen LogP) is 1.96. The van der Waals surface area contributed by atoms with Crippen LogP contribution in [0.3, 0.4) is 0 Å². The monoisotopic (exact) mass is 207 g/mol. The van der Waals surface area contributed by atoms with Crippen molar-refractivity contribution in [1.29, 1.82) is 0 Å². The van der Waals surface area contributed by atoms with Crippen LogP contribution >= 0.6 is 0 Å². The predicted molar refractivity (Wildman–Crippen MR) is 59.4 cm³/mol. The first-order valence-corrected chi connectivity index (χ1v) is 5.41. The number of nitrogens with one attached hydrogen (secondary N) is 1. The third-order valence-electron chi connectivity index (χ3n) is 2.53. The molecular weight excluding hydrogens is 190 g/mol. The fourth-order valence-electron chi connectivity index (χ4n) is 1.84. The second kappa shape index (κ2) is 4.53. The van der Waals surface area contributed by atoms with Gasteiger partial charge in [0.1, 0.15) is 0 Å². The van der Waals surface area contributed by atoms with Gasteiger partial charge in [0.2, 0.25) is 6.79 Å². The van der Waals surface area contributed by atoms with Crippen molar-refractivity contribution in [2.45, 2.75) is 26.3 Å². The highest BCUT2D eigenvalue weighted by atomic mass is 16.7. The van der Waals surface area contributed by atoms with Crippen molar-refractivity contribution in [3.8, 4) is 11.5 Å². The standard InChI is InChI=1S/C12H17NO2/c1-3-13-9(2)6-10-4-5-11-12(7-10)15-8-14-11/h4-5,7,9,13H,3,6,8H2,1-2H3/t9-/m0/s1. The van der Waals surface area contributed by atoms with Crippen LogP contribution in [0.2, 0.25) is 0 Å². The first kappa shape index (κ1) is 10.3. The van der Waals surface area contributed by atoms with E-state index in [1.165, 1.54) is 5.56 Å². The van der Waals surface area contributed by atoms with Crippen LogP contribution in [0, 0.1) is 0 Å². The minimum absolute atomic E-state index is 0.349. The van der Waals surface area contributed by atoms with E-state index in [0.717, 1.165) is 24.5 Å². The Labute approximate surface area is 90.4 Å². The van der Waals surface area contributed by atoms with Crippen molar-refractivity contribution < 1.29 is 9.47 Å². The lowest BCUT2D eigenvalue weighted by atomic mass is 10.1. The molecule has 0 amide bonds. The van der Waals surface area contributed by atoms with Crippen LogP contribution in [0.4, 0.5) is 0 Å². The lowest BCUT2D eigenvalue weighted by Gasteiger charge is -2.12. The molecule has 1 aliphatic heterocycles. The largest absolute Gasteiger partial charge is 0.454 e. The molecule has 0 bridgehead atoms. The third kappa shape index (κ3) is 2.42. The molecule has 15 heavy (non-hydrogen) atoms. The van der Waals surface area contributed by atoms with E-state index in [0.29, 0.717) is 12.8 Å². The molecule has 3 nitrogen and oxygen atoms in total. The first-order valence-electron chi connectivity index (χ1n) is 5.41.